The van der Waals surface area contributed by atoms with Crippen molar-refractivity contribution in [2.45, 2.75) is 19.0 Å². The Hall–Kier alpha value is -1.24. The first kappa shape index (κ1) is 10.8. The highest BCUT2D eigenvalue weighted by atomic mass is 32.2. The molecule has 1 rings (SSSR count). The van der Waals surface area contributed by atoms with Crippen LogP contribution in [0, 0.1) is 0 Å². The van der Waals surface area contributed by atoms with E-state index in [1.165, 1.54) is 11.8 Å². The maximum atomic E-state index is 11.0. The molecule has 1 amide bonds. The van der Waals surface area contributed by atoms with E-state index in [0.717, 1.165) is 5.75 Å². The lowest BCUT2D eigenvalue weighted by Gasteiger charge is -1.99. The summed E-state index contributed by atoms with van der Waals surface area (Å²) < 4.78 is 4.67. The largest absolute Gasteiger partial charge is 0.450 e. The Morgan fingerprint density at radius 3 is 3.07 bits per heavy atom. The van der Waals surface area contributed by atoms with E-state index in [-0.39, 0.29) is 0 Å². The van der Waals surface area contributed by atoms with Crippen molar-refractivity contribution in [3.05, 3.63) is 0 Å². The van der Waals surface area contributed by atoms with Crippen LogP contribution in [0.5, 0.6) is 0 Å². The number of H-pyrrole nitrogens is 1. The second-order valence-electron chi connectivity index (χ2n) is 2.25. The van der Waals surface area contributed by atoms with E-state index in [1.54, 1.807) is 6.92 Å². The molecule has 0 fully saturated rings. The number of amides is 1. The van der Waals surface area contributed by atoms with Crippen LogP contribution in [0.3, 0.4) is 0 Å². The monoisotopic (exact) mass is 216 g/mol. The van der Waals surface area contributed by atoms with Gasteiger partial charge in [-0.05, 0) is 12.7 Å². The van der Waals surface area contributed by atoms with Gasteiger partial charge >= 0.3 is 6.09 Å². The predicted molar refractivity (Wildman–Crippen MR) is 53.4 cm³/mol. The van der Waals surface area contributed by atoms with E-state index in [4.69, 9.17) is 0 Å². The molecule has 14 heavy (non-hydrogen) atoms. The lowest BCUT2D eigenvalue weighted by Crippen LogP contribution is -2.14. The normalized spacial score (nSPS) is 9.86. The SMILES string of the molecule is CCOC(=O)Nc1nc(SCC)n[nH]1. The summed E-state index contributed by atoms with van der Waals surface area (Å²) in [5.74, 6) is 1.19. The highest BCUT2D eigenvalue weighted by Crippen LogP contribution is 2.12. The number of hydrogen-bond acceptors (Lipinski definition) is 5. The van der Waals surface area contributed by atoms with Crippen molar-refractivity contribution in [3.63, 3.8) is 0 Å². The molecule has 6 nitrogen and oxygen atoms in total. The van der Waals surface area contributed by atoms with Crippen molar-refractivity contribution in [3.8, 4) is 0 Å². The highest BCUT2D eigenvalue weighted by Gasteiger charge is 2.06. The number of thioether (sulfide) groups is 1. The molecule has 0 radical (unpaired) electrons. The number of carbonyl (C=O) groups is 1. The van der Waals surface area contributed by atoms with E-state index in [9.17, 15) is 4.79 Å². The van der Waals surface area contributed by atoms with Gasteiger partial charge in [-0.15, -0.1) is 5.10 Å². The zero-order valence-corrected chi connectivity index (χ0v) is 8.85. The van der Waals surface area contributed by atoms with Crippen molar-refractivity contribution in [2.75, 3.05) is 17.7 Å². The maximum absolute atomic E-state index is 11.0. The van der Waals surface area contributed by atoms with Crippen LogP contribution in [0.1, 0.15) is 13.8 Å². The Labute approximate surface area is 85.8 Å². The number of rotatable bonds is 4. The zero-order chi connectivity index (χ0) is 10.4. The number of nitrogens with zero attached hydrogens (tertiary/aromatic N) is 2. The number of hydrogen-bond donors (Lipinski definition) is 2. The number of nitrogens with one attached hydrogen (secondary N) is 2. The molecule has 1 heterocycles. The van der Waals surface area contributed by atoms with Crippen molar-refractivity contribution < 1.29 is 9.53 Å². The second kappa shape index (κ2) is 5.48. The fraction of sp³-hybridized carbons (Fsp3) is 0.571. The van der Waals surface area contributed by atoms with Gasteiger partial charge in [-0.3, -0.25) is 5.32 Å². The van der Waals surface area contributed by atoms with Crippen molar-refractivity contribution in [2.24, 2.45) is 0 Å². The molecule has 78 valence electrons. The highest BCUT2D eigenvalue weighted by molar-refractivity contribution is 7.99. The summed E-state index contributed by atoms with van der Waals surface area (Å²) in [6.45, 7) is 4.06. The lowest BCUT2D eigenvalue weighted by atomic mass is 10.8. The van der Waals surface area contributed by atoms with Gasteiger partial charge in [0.05, 0.1) is 6.61 Å². The Kier molecular flexibility index (Phi) is 4.24. The molecule has 0 aliphatic rings. The Morgan fingerprint density at radius 1 is 1.64 bits per heavy atom. The van der Waals surface area contributed by atoms with E-state index in [1.807, 2.05) is 6.92 Å². The zero-order valence-electron chi connectivity index (χ0n) is 8.03. The van der Waals surface area contributed by atoms with E-state index < -0.39 is 6.09 Å². The van der Waals surface area contributed by atoms with Crippen molar-refractivity contribution in [1.29, 1.82) is 0 Å². The summed E-state index contributed by atoms with van der Waals surface area (Å²) in [5.41, 5.74) is 0. The van der Waals surface area contributed by atoms with Crippen LogP contribution in [0.2, 0.25) is 0 Å². The summed E-state index contributed by atoms with van der Waals surface area (Å²) in [4.78, 5) is 15.0. The smallest absolute Gasteiger partial charge is 0.413 e. The quantitative estimate of drug-likeness (QED) is 0.745. The Bertz CT molecular complexity index is 302. The minimum absolute atomic E-state index is 0.305. The molecule has 2 N–H and O–H groups in total. The van der Waals surface area contributed by atoms with Crippen molar-refractivity contribution in [1.82, 2.24) is 15.2 Å². The van der Waals surface area contributed by atoms with Gasteiger partial charge in [0.25, 0.3) is 0 Å². The van der Waals surface area contributed by atoms with E-state index in [0.29, 0.717) is 17.7 Å². The molecule has 7 heteroatoms. The third kappa shape index (κ3) is 3.25. The average Bonchev–Trinajstić information content (AvgIpc) is 2.53. The topological polar surface area (TPSA) is 79.9 Å². The van der Waals surface area contributed by atoms with E-state index >= 15 is 0 Å². The van der Waals surface area contributed by atoms with Gasteiger partial charge < -0.3 is 4.74 Å². The standard InChI is InChI=1S/C7H12N4O2S/c1-3-13-7(12)9-5-8-6(11-10-5)14-4-2/h3-4H2,1-2H3,(H2,8,9,10,11,12). The third-order valence-electron chi connectivity index (χ3n) is 1.23. The van der Waals surface area contributed by atoms with Crippen LogP contribution in [0.25, 0.3) is 0 Å². The van der Waals surface area contributed by atoms with Crippen LogP contribution in [-0.4, -0.2) is 33.6 Å². The fourth-order valence-corrected chi connectivity index (χ4v) is 1.28. The van der Waals surface area contributed by atoms with Crippen molar-refractivity contribution >= 4 is 23.8 Å². The van der Waals surface area contributed by atoms with Crippen LogP contribution in [0.4, 0.5) is 10.7 Å². The molecule has 0 saturated carbocycles. The molecule has 0 aliphatic carbocycles. The van der Waals surface area contributed by atoms with Crippen LogP contribution >= 0.6 is 11.8 Å². The van der Waals surface area contributed by atoms with Gasteiger partial charge in [-0.2, -0.15) is 4.98 Å². The molecular weight excluding hydrogens is 204 g/mol. The summed E-state index contributed by atoms with van der Waals surface area (Å²) in [6, 6.07) is 0. The molecule has 0 aliphatic heterocycles. The molecule has 1 aromatic rings. The molecule has 1 aromatic heterocycles. The Morgan fingerprint density at radius 2 is 2.43 bits per heavy atom. The lowest BCUT2D eigenvalue weighted by molar-refractivity contribution is 0.167. The summed E-state index contributed by atoms with van der Waals surface area (Å²) >= 11 is 1.49. The summed E-state index contributed by atoms with van der Waals surface area (Å²) in [6.07, 6.45) is -0.531. The first-order chi connectivity index (χ1) is 6.76. The number of aromatic nitrogens is 3. The predicted octanol–water partition coefficient (Wildman–Crippen LogP) is 1.49. The van der Waals surface area contributed by atoms with Gasteiger partial charge in [-0.25, -0.2) is 9.89 Å². The number of carbonyl (C=O) groups excluding carboxylic acids is 1. The Balaban J connectivity index is 2.46. The van der Waals surface area contributed by atoms with Crippen LogP contribution in [-0.2, 0) is 4.74 Å². The average molecular weight is 216 g/mol. The molecule has 0 spiro atoms. The first-order valence-corrected chi connectivity index (χ1v) is 5.23. The number of anilines is 1. The van der Waals surface area contributed by atoms with Gasteiger partial charge in [0, 0.05) is 0 Å². The minimum Gasteiger partial charge on any atom is -0.450 e. The van der Waals surface area contributed by atoms with Crippen LogP contribution < -0.4 is 5.32 Å². The molecule has 0 atom stereocenters. The molecular formula is C7H12N4O2S. The molecule has 0 unspecified atom stereocenters. The molecule has 0 bridgehead atoms. The van der Waals surface area contributed by atoms with Crippen LogP contribution in [0.15, 0.2) is 5.16 Å². The maximum Gasteiger partial charge on any atom is 0.413 e. The van der Waals surface area contributed by atoms with Gasteiger partial charge in [0.2, 0.25) is 11.1 Å². The second-order valence-corrected chi connectivity index (χ2v) is 3.48. The summed E-state index contributed by atoms with van der Waals surface area (Å²) in [5, 5.41) is 9.49. The number of aromatic amines is 1. The van der Waals surface area contributed by atoms with Gasteiger partial charge in [0.15, 0.2) is 0 Å². The number of ether oxygens (including phenoxy) is 1. The summed E-state index contributed by atoms with van der Waals surface area (Å²) in [7, 11) is 0. The van der Waals surface area contributed by atoms with E-state index in [2.05, 4.69) is 25.2 Å². The van der Waals surface area contributed by atoms with Gasteiger partial charge in [-0.1, -0.05) is 18.7 Å². The first-order valence-electron chi connectivity index (χ1n) is 4.25. The molecule has 0 saturated heterocycles. The minimum atomic E-state index is -0.531. The molecule has 0 aromatic carbocycles. The van der Waals surface area contributed by atoms with Gasteiger partial charge in [0.1, 0.15) is 0 Å². The third-order valence-corrected chi connectivity index (χ3v) is 1.96. The fourth-order valence-electron chi connectivity index (χ4n) is 0.760.